The molecule has 1 saturated heterocycles. The molecule has 6 heteroatoms. The summed E-state index contributed by atoms with van der Waals surface area (Å²) < 4.78 is 0. The highest BCUT2D eigenvalue weighted by Crippen LogP contribution is 2.27. The molecule has 5 nitrogen and oxygen atoms in total. The number of carbonyl (C=O) groups is 1. The first-order valence-electron chi connectivity index (χ1n) is 9.56. The number of carboxylic acid groups (broad SMARTS) is 1. The van der Waals surface area contributed by atoms with Crippen molar-refractivity contribution >= 4 is 29.1 Å². The molecule has 0 aromatic heterocycles. The number of anilines is 2. The number of nitrogens with zero attached hydrogens (tertiary/aromatic N) is 1. The van der Waals surface area contributed by atoms with Crippen molar-refractivity contribution in [2.45, 2.75) is 38.3 Å². The number of hydrogen-bond donors (Lipinski definition) is 3. The molecule has 1 fully saturated rings. The van der Waals surface area contributed by atoms with E-state index in [2.05, 4.69) is 29.7 Å². The highest BCUT2D eigenvalue weighted by Gasteiger charge is 2.22. The lowest BCUT2D eigenvalue weighted by molar-refractivity contribution is -0.138. The number of nitrogens with one attached hydrogen (secondary N) is 2. The van der Waals surface area contributed by atoms with Crippen LogP contribution < -0.4 is 10.6 Å². The van der Waals surface area contributed by atoms with Crippen LogP contribution in [-0.2, 0) is 11.2 Å². The number of aryl methyl sites for hydroxylation is 1. The van der Waals surface area contributed by atoms with Crippen LogP contribution in [0.15, 0.2) is 42.5 Å². The van der Waals surface area contributed by atoms with E-state index in [1.807, 2.05) is 23.9 Å². The van der Waals surface area contributed by atoms with Crippen LogP contribution in [0.25, 0.3) is 0 Å². The Morgan fingerprint density at radius 1 is 1.21 bits per heavy atom. The van der Waals surface area contributed by atoms with E-state index >= 15 is 0 Å². The highest BCUT2D eigenvalue weighted by atomic mass is 32.2. The van der Waals surface area contributed by atoms with E-state index < -0.39 is 12.0 Å². The van der Waals surface area contributed by atoms with Crippen molar-refractivity contribution in [2.24, 2.45) is 0 Å². The van der Waals surface area contributed by atoms with E-state index in [-0.39, 0.29) is 0 Å². The summed E-state index contributed by atoms with van der Waals surface area (Å²) in [4.78, 5) is 12.0. The Morgan fingerprint density at radius 3 is 2.54 bits per heavy atom. The molecule has 2 aromatic rings. The Kier molecular flexibility index (Phi) is 6.83. The van der Waals surface area contributed by atoms with E-state index in [0.29, 0.717) is 17.3 Å². The average molecular weight is 396 g/mol. The van der Waals surface area contributed by atoms with Gasteiger partial charge in [-0.05, 0) is 78.3 Å². The fraction of sp³-hybridized carbons (Fsp3) is 0.364. The summed E-state index contributed by atoms with van der Waals surface area (Å²) in [5.41, 5.74) is 4.04. The van der Waals surface area contributed by atoms with Gasteiger partial charge in [0.25, 0.3) is 0 Å². The van der Waals surface area contributed by atoms with Gasteiger partial charge < -0.3 is 15.7 Å². The summed E-state index contributed by atoms with van der Waals surface area (Å²) in [5.74, 6) is 1.39. The van der Waals surface area contributed by atoms with Crippen LogP contribution in [0, 0.1) is 11.3 Å². The quantitative estimate of drug-likeness (QED) is 0.632. The lowest BCUT2D eigenvalue weighted by Crippen LogP contribution is -2.25. The van der Waals surface area contributed by atoms with Crippen molar-refractivity contribution in [3.8, 4) is 6.07 Å². The molecule has 0 aliphatic carbocycles. The number of thioether (sulfide) groups is 1. The largest absolute Gasteiger partial charge is 0.479 e. The van der Waals surface area contributed by atoms with Gasteiger partial charge in [-0.2, -0.15) is 17.0 Å². The fourth-order valence-corrected chi connectivity index (χ4v) is 4.45. The van der Waals surface area contributed by atoms with Gasteiger partial charge in [-0.1, -0.05) is 13.0 Å². The van der Waals surface area contributed by atoms with E-state index in [0.717, 1.165) is 47.6 Å². The molecule has 0 bridgehead atoms. The minimum Gasteiger partial charge on any atom is -0.479 e. The first kappa shape index (κ1) is 20.1. The molecule has 1 heterocycles. The van der Waals surface area contributed by atoms with Crippen LogP contribution in [0.4, 0.5) is 11.4 Å². The molecule has 28 heavy (non-hydrogen) atoms. The van der Waals surface area contributed by atoms with Crippen molar-refractivity contribution in [3.05, 3.63) is 59.2 Å². The minimum atomic E-state index is -0.933. The monoisotopic (exact) mass is 395 g/mol. The van der Waals surface area contributed by atoms with Crippen LogP contribution in [0.2, 0.25) is 0 Å². The fourth-order valence-electron chi connectivity index (χ4n) is 3.35. The molecule has 2 aromatic carbocycles. The molecule has 1 unspecified atom stereocenters. The molecular formula is C22H25N3O2S. The number of carboxylic acids is 1. The Bertz CT molecular complexity index is 855. The molecule has 146 valence electrons. The van der Waals surface area contributed by atoms with Crippen molar-refractivity contribution in [1.29, 1.82) is 5.26 Å². The Morgan fingerprint density at radius 2 is 1.93 bits per heavy atom. The third-order valence-electron chi connectivity index (χ3n) is 4.92. The second-order valence-electron chi connectivity index (χ2n) is 6.95. The zero-order chi connectivity index (χ0) is 19.9. The van der Waals surface area contributed by atoms with Gasteiger partial charge in [-0.15, -0.1) is 0 Å². The molecule has 0 amide bonds. The molecular weight excluding hydrogens is 370 g/mol. The van der Waals surface area contributed by atoms with E-state index in [1.165, 1.54) is 0 Å². The SMILES string of the molecule is CCc1cc(NC2CCSCC2)cc(C(Nc2ccc(C#N)cc2)C(=O)O)c1. The Hall–Kier alpha value is -2.65. The highest BCUT2D eigenvalue weighted by molar-refractivity contribution is 7.99. The predicted molar refractivity (Wildman–Crippen MR) is 115 cm³/mol. The van der Waals surface area contributed by atoms with Gasteiger partial charge in [0.1, 0.15) is 0 Å². The molecule has 0 saturated carbocycles. The Labute approximate surface area is 170 Å². The van der Waals surface area contributed by atoms with E-state index in [4.69, 9.17) is 5.26 Å². The summed E-state index contributed by atoms with van der Waals surface area (Å²) in [6.45, 7) is 2.07. The smallest absolute Gasteiger partial charge is 0.330 e. The maximum absolute atomic E-state index is 12.0. The Balaban J connectivity index is 1.85. The molecule has 3 N–H and O–H groups in total. The van der Waals surface area contributed by atoms with Gasteiger partial charge in [-0.3, -0.25) is 0 Å². The van der Waals surface area contributed by atoms with Crippen molar-refractivity contribution in [1.82, 2.24) is 0 Å². The van der Waals surface area contributed by atoms with Gasteiger partial charge >= 0.3 is 5.97 Å². The lowest BCUT2D eigenvalue weighted by Gasteiger charge is -2.25. The summed E-state index contributed by atoms with van der Waals surface area (Å²) >= 11 is 1.98. The van der Waals surface area contributed by atoms with Crippen LogP contribution in [-0.4, -0.2) is 28.6 Å². The van der Waals surface area contributed by atoms with Crippen LogP contribution in [0.1, 0.15) is 42.5 Å². The number of benzene rings is 2. The normalized spacial score (nSPS) is 15.4. The van der Waals surface area contributed by atoms with Crippen LogP contribution in [0.3, 0.4) is 0 Å². The second kappa shape index (κ2) is 9.52. The molecule has 0 radical (unpaired) electrons. The maximum atomic E-state index is 12.0. The van der Waals surface area contributed by atoms with Crippen molar-refractivity contribution in [2.75, 3.05) is 22.1 Å². The van der Waals surface area contributed by atoms with E-state index in [9.17, 15) is 9.90 Å². The summed E-state index contributed by atoms with van der Waals surface area (Å²) in [5, 5.41) is 25.4. The third kappa shape index (κ3) is 5.20. The second-order valence-corrected chi connectivity index (χ2v) is 8.18. The molecule has 1 atom stereocenters. The standard InChI is InChI=1S/C22H25N3O2S/c1-2-15-11-17(13-20(12-15)24-19-7-9-28-10-8-19)21(22(26)27)25-18-5-3-16(14-23)4-6-18/h3-6,11-13,19,21,24-25H,2,7-10H2,1H3,(H,26,27). The summed E-state index contributed by atoms with van der Waals surface area (Å²) in [6.07, 6.45) is 3.09. The lowest BCUT2D eigenvalue weighted by atomic mass is 10.00. The average Bonchev–Trinajstić information content (AvgIpc) is 2.72. The van der Waals surface area contributed by atoms with Gasteiger partial charge in [0, 0.05) is 17.4 Å². The first-order valence-corrected chi connectivity index (χ1v) is 10.7. The van der Waals surface area contributed by atoms with Gasteiger partial charge in [0.05, 0.1) is 11.6 Å². The van der Waals surface area contributed by atoms with Crippen molar-refractivity contribution in [3.63, 3.8) is 0 Å². The zero-order valence-corrected chi connectivity index (χ0v) is 16.8. The topological polar surface area (TPSA) is 85.1 Å². The number of hydrogen-bond acceptors (Lipinski definition) is 5. The third-order valence-corrected chi connectivity index (χ3v) is 5.97. The number of nitriles is 1. The van der Waals surface area contributed by atoms with Crippen LogP contribution >= 0.6 is 11.8 Å². The van der Waals surface area contributed by atoms with Crippen LogP contribution in [0.5, 0.6) is 0 Å². The summed E-state index contributed by atoms with van der Waals surface area (Å²) in [7, 11) is 0. The minimum absolute atomic E-state index is 0.441. The van der Waals surface area contributed by atoms with E-state index in [1.54, 1.807) is 24.3 Å². The predicted octanol–water partition coefficient (Wildman–Crippen LogP) is 4.67. The molecule has 1 aliphatic heterocycles. The molecule has 0 spiro atoms. The molecule has 3 rings (SSSR count). The van der Waals surface area contributed by atoms with Gasteiger partial charge in [0.15, 0.2) is 6.04 Å². The van der Waals surface area contributed by atoms with Crippen molar-refractivity contribution < 1.29 is 9.90 Å². The van der Waals surface area contributed by atoms with Gasteiger partial charge in [0.2, 0.25) is 0 Å². The van der Waals surface area contributed by atoms with Gasteiger partial charge in [-0.25, -0.2) is 4.79 Å². The number of rotatable bonds is 7. The number of aliphatic carboxylic acids is 1. The summed E-state index contributed by atoms with van der Waals surface area (Å²) in [6, 6.07) is 14.5. The first-order chi connectivity index (χ1) is 13.6. The molecule has 1 aliphatic rings. The zero-order valence-electron chi connectivity index (χ0n) is 15.9. The maximum Gasteiger partial charge on any atom is 0.330 e.